The van der Waals surface area contributed by atoms with Crippen LogP contribution in [-0.4, -0.2) is 49.5 Å². The molecule has 2 saturated heterocycles. The normalized spacial score (nSPS) is 31.3. The largest absolute Gasteiger partial charge is 0.357 e. The molecule has 6 heteroatoms. The van der Waals surface area contributed by atoms with Gasteiger partial charge in [-0.2, -0.15) is 0 Å². The van der Waals surface area contributed by atoms with Gasteiger partial charge in [0.15, 0.2) is 5.96 Å². The quantitative estimate of drug-likeness (QED) is 0.386. The van der Waals surface area contributed by atoms with Gasteiger partial charge in [0.25, 0.3) is 0 Å². The second-order valence-corrected chi connectivity index (χ2v) is 8.64. The van der Waals surface area contributed by atoms with Gasteiger partial charge >= 0.3 is 0 Å². The Labute approximate surface area is 168 Å². The topological polar surface area (TPSA) is 56.7 Å². The number of halogens is 1. The van der Waals surface area contributed by atoms with Gasteiger partial charge in [0, 0.05) is 44.6 Å². The lowest BCUT2D eigenvalue weighted by Gasteiger charge is -2.43. The van der Waals surface area contributed by atoms with Crippen LogP contribution in [0.3, 0.4) is 0 Å². The van der Waals surface area contributed by atoms with Crippen LogP contribution >= 0.6 is 24.0 Å². The van der Waals surface area contributed by atoms with Crippen LogP contribution in [-0.2, 0) is 4.79 Å². The van der Waals surface area contributed by atoms with Gasteiger partial charge in [-0.3, -0.25) is 9.79 Å². The molecule has 0 aromatic carbocycles. The second-order valence-electron chi connectivity index (χ2n) is 8.64. The van der Waals surface area contributed by atoms with E-state index in [2.05, 4.69) is 22.5 Å². The second kappa shape index (κ2) is 7.61. The Morgan fingerprint density at radius 2 is 2.12 bits per heavy atom. The number of guanidine groups is 1. The monoisotopic (exact) mass is 460 g/mol. The van der Waals surface area contributed by atoms with Crippen LogP contribution in [0.4, 0.5) is 0 Å². The first-order valence-corrected chi connectivity index (χ1v) is 9.95. The molecule has 0 aromatic rings. The highest BCUT2D eigenvalue weighted by Crippen LogP contribution is 2.57. The molecule has 4 rings (SSSR count). The molecule has 2 aliphatic heterocycles. The number of likely N-dealkylation sites (tertiary alicyclic amines) is 1. The van der Waals surface area contributed by atoms with Gasteiger partial charge in [0.05, 0.1) is 0 Å². The Morgan fingerprint density at radius 1 is 1.32 bits per heavy atom. The highest BCUT2D eigenvalue weighted by Gasteiger charge is 2.49. The van der Waals surface area contributed by atoms with Crippen molar-refractivity contribution in [1.29, 1.82) is 0 Å². The average Bonchev–Trinajstić information content (AvgIpc) is 3.31. The number of nitrogens with zero attached hydrogens (tertiary/aromatic N) is 2. The van der Waals surface area contributed by atoms with Crippen molar-refractivity contribution in [2.45, 2.75) is 58.3 Å². The van der Waals surface area contributed by atoms with Crippen LogP contribution in [0.2, 0.25) is 0 Å². The molecule has 1 amide bonds. The third-order valence-electron chi connectivity index (χ3n) is 6.83. The summed E-state index contributed by atoms with van der Waals surface area (Å²) >= 11 is 0. The third-order valence-corrected chi connectivity index (χ3v) is 6.83. The van der Waals surface area contributed by atoms with Gasteiger partial charge in [-0.25, -0.2) is 0 Å². The molecule has 1 spiro atoms. The first kappa shape index (κ1) is 19.2. The van der Waals surface area contributed by atoms with Crippen molar-refractivity contribution in [3.8, 4) is 0 Å². The predicted molar refractivity (Wildman–Crippen MR) is 111 cm³/mol. The van der Waals surface area contributed by atoms with E-state index in [0.717, 1.165) is 57.4 Å². The number of carbonyl (C=O) groups is 1. The van der Waals surface area contributed by atoms with E-state index in [1.165, 1.54) is 32.1 Å². The van der Waals surface area contributed by atoms with Crippen molar-refractivity contribution in [1.82, 2.24) is 15.5 Å². The van der Waals surface area contributed by atoms with E-state index in [9.17, 15) is 4.79 Å². The van der Waals surface area contributed by atoms with Gasteiger partial charge in [-0.15, -0.1) is 24.0 Å². The Balaban J connectivity index is 0.00000182. The number of rotatable bonds is 4. The Kier molecular flexibility index (Phi) is 5.85. The minimum absolute atomic E-state index is 0. The molecule has 1 atom stereocenters. The number of amides is 1. The van der Waals surface area contributed by atoms with Crippen LogP contribution < -0.4 is 10.6 Å². The van der Waals surface area contributed by atoms with Crippen LogP contribution in [0.5, 0.6) is 0 Å². The van der Waals surface area contributed by atoms with E-state index >= 15 is 0 Å². The molecule has 2 heterocycles. The summed E-state index contributed by atoms with van der Waals surface area (Å²) in [5.41, 5.74) is 0.662. The fourth-order valence-corrected chi connectivity index (χ4v) is 5.11. The zero-order valence-corrected chi connectivity index (χ0v) is 17.8. The van der Waals surface area contributed by atoms with Crippen molar-refractivity contribution in [2.24, 2.45) is 21.7 Å². The lowest BCUT2D eigenvalue weighted by Crippen LogP contribution is -2.51. The summed E-state index contributed by atoms with van der Waals surface area (Å²) < 4.78 is 0. The van der Waals surface area contributed by atoms with Crippen LogP contribution in [0.1, 0.15) is 58.3 Å². The van der Waals surface area contributed by atoms with E-state index in [1.54, 1.807) is 0 Å². The molecule has 2 N–H and O–H groups in total. The molecular formula is C19H33IN4O. The molecule has 0 aromatic heterocycles. The molecule has 2 aliphatic carbocycles. The maximum atomic E-state index is 11.7. The van der Waals surface area contributed by atoms with Crippen LogP contribution in [0.25, 0.3) is 0 Å². The summed E-state index contributed by atoms with van der Waals surface area (Å²) in [6.07, 6.45) is 10.0. The van der Waals surface area contributed by atoms with E-state index in [-0.39, 0.29) is 35.3 Å². The zero-order valence-electron chi connectivity index (χ0n) is 15.5. The fourth-order valence-electron chi connectivity index (χ4n) is 5.11. The molecule has 4 fully saturated rings. The summed E-state index contributed by atoms with van der Waals surface area (Å²) in [7, 11) is 0. The maximum absolute atomic E-state index is 11.7. The SMILES string of the molecule is CCNC(=NCC1(C2CC2)CCC1)N1CCCC2(CNC(=O)C2)C1.I. The van der Waals surface area contributed by atoms with Crippen molar-refractivity contribution in [3.63, 3.8) is 0 Å². The van der Waals surface area contributed by atoms with Crippen LogP contribution in [0.15, 0.2) is 4.99 Å². The summed E-state index contributed by atoms with van der Waals surface area (Å²) in [4.78, 5) is 19.2. The van der Waals surface area contributed by atoms with Crippen LogP contribution in [0, 0.1) is 16.7 Å². The number of hydrogen-bond donors (Lipinski definition) is 2. The standard InChI is InChI=1S/C19H32N4O.HI/c1-2-20-17(22-13-19(8-3-9-19)15-5-6-15)23-10-4-7-18(14-23)11-16(24)21-12-18;/h15H,2-14H2,1H3,(H,20,22)(H,21,24);1H. The lowest BCUT2D eigenvalue weighted by atomic mass is 9.65. The minimum atomic E-state index is 0. The molecule has 25 heavy (non-hydrogen) atoms. The number of piperidine rings is 1. The first-order chi connectivity index (χ1) is 11.6. The molecule has 2 saturated carbocycles. The summed E-state index contributed by atoms with van der Waals surface area (Å²) in [6, 6.07) is 0. The summed E-state index contributed by atoms with van der Waals surface area (Å²) in [5, 5.41) is 6.56. The molecule has 1 unspecified atom stereocenters. The third kappa shape index (κ3) is 3.93. The Morgan fingerprint density at radius 3 is 2.68 bits per heavy atom. The van der Waals surface area contributed by atoms with Crippen molar-refractivity contribution < 1.29 is 4.79 Å². The average molecular weight is 460 g/mol. The van der Waals surface area contributed by atoms with Crippen molar-refractivity contribution >= 4 is 35.8 Å². The summed E-state index contributed by atoms with van der Waals surface area (Å²) in [5.74, 6) is 2.26. The smallest absolute Gasteiger partial charge is 0.220 e. The van der Waals surface area contributed by atoms with Gasteiger partial charge in [0.2, 0.25) is 5.91 Å². The molecule has 4 aliphatic rings. The highest BCUT2D eigenvalue weighted by atomic mass is 127. The van der Waals surface area contributed by atoms with Gasteiger partial charge in [-0.05, 0) is 56.8 Å². The number of hydrogen-bond acceptors (Lipinski definition) is 2. The summed E-state index contributed by atoms with van der Waals surface area (Å²) in [6.45, 7) is 6.94. The van der Waals surface area contributed by atoms with E-state index in [1.807, 2.05) is 0 Å². The number of aliphatic imine (C=N–C) groups is 1. The zero-order chi connectivity index (χ0) is 16.6. The first-order valence-electron chi connectivity index (χ1n) is 9.95. The Bertz CT molecular complexity index is 530. The molecule has 0 bridgehead atoms. The van der Waals surface area contributed by atoms with Crippen molar-refractivity contribution in [2.75, 3.05) is 32.7 Å². The number of nitrogens with one attached hydrogen (secondary N) is 2. The maximum Gasteiger partial charge on any atom is 0.220 e. The Hall–Kier alpha value is -0.530. The number of carbonyl (C=O) groups excluding carboxylic acids is 1. The molecule has 142 valence electrons. The van der Waals surface area contributed by atoms with Crippen molar-refractivity contribution in [3.05, 3.63) is 0 Å². The predicted octanol–water partition coefficient (Wildman–Crippen LogP) is 2.75. The molecule has 5 nitrogen and oxygen atoms in total. The minimum Gasteiger partial charge on any atom is -0.357 e. The highest BCUT2D eigenvalue weighted by molar-refractivity contribution is 14.0. The fraction of sp³-hybridized carbons (Fsp3) is 0.895. The van der Waals surface area contributed by atoms with Gasteiger partial charge in [-0.1, -0.05) is 6.42 Å². The molecule has 0 radical (unpaired) electrons. The van der Waals surface area contributed by atoms with Gasteiger partial charge in [0.1, 0.15) is 0 Å². The lowest BCUT2D eigenvalue weighted by molar-refractivity contribution is -0.119. The van der Waals surface area contributed by atoms with E-state index in [4.69, 9.17) is 4.99 Å². The molecular weight excluding hydrogens is 427 g/mol. The van der Waals surface area contributed by atoms with Gasteiger partial charge < -0.3 is 15.5 Å². The van der Waals surface area contributed by atoms with E-state index < -0.39 is 0 Å². The van der Waals surface area contributed by atoms with E-state index in [0.29, 0.717) is 11.8 Å².